The monoisotopic (exact) mass is 238 g/mol. The summed E-state index contributed by atoms with van der Waals surface area (Å²) in [5.74, 6) is 0.569. The first-order chi connectivity index (χ1) is 7.79. The Labute approximate surface area is 101 Å². The second-order valence-corrected chi connectivity index (χ2v) is 3.69. The molecule has 0 bridgehead atoms. The molecule has 0 saturated heterocycles. The Kier molecular flexibility index (Phi) is 5.62. The number of rotatable bonds is 6. The maximum atomic E-state index is 8.78. The van der Waals surface area contributed by atoms with E-state index >= 15 is 0 Å². The van der Waals surface area contributed by atoms with Crippen molar-refractivity contribution in [2.75, 3.05) is 25.0 Å². The van der Waals surface area contributed by atoms with E-state index in [9.17, 15) is 0 Å². The fourth-order valence-corrected chi connectivity index (χ4v) is 1.45. The first kappa shape index (κ1) is 12.8. The highest BCUT2D eigenvalue weighted by molar-refractivity contribution is 6.34. The van der Waals surface area contributed by atoms with Crippen LogP contribution in [0.15, 0.2) is 12.3 Å². The average molecular weight is 239 g/mol. The van der Waals surface area contributed by atoms with Gasteiger partial charge in [0.15, 0.2) is 0 Å². The Hall–Kier alpha value is -1.31. The van der Waals surface area contributed by atoms with Crippen LogP contribution in [0.3, 0.4) is 0 Å². The van der Waals surface area contributed by atoms with Gasteiger partial charge in [-0.2, -0.15) is 5.26 Å². The molecule has 1 aromatic heterocycles. The molecule has 1 heterocycles. The molecule has 0 atom stereocenters. The van der Waals surface area contributed by atoms with E-state index in [4.69, 9.17) is 16.9 Å². The largest absolute Gasteiger partial charge is 0.368 e. The number of pyridine rings is 1. The van der Waals surface area contributed by atoms with Gasteiger partial charge in [-0.15, -0.1) is 0 Å². The van der Waals surface area contributed by atoms with Crippen LogP contribution in [-0.2, 0) is 0 Å². The number of hydrogen-bond donors (Lipinski definition) is 2. The number of anilines is 1. The van der Waals surface area contributed by atoms with Crippen molar-refractivity contribution in [3.8, 4) is 6.07 Å². The van der Waals surface area contributed by atoms with Crippen LogP contribution in [0.1, 0.15) is 18.9 Å². The molecule has 0 aliphatic rings. The van der Waals surface area contributed by atoms with Gasteiger partial charge in [-0.3, -0.25) is 0 Å². The van der Waals surface area contributed by atoms with Gasteiger partial charge in [-0.05, 0) is 19.0 Å². The van der Waals surface area contributed by atoms with Crippen molar-refractivity contribution in [1.29, 1.82) is 5.26 Å². The van der Waals surface area contributed by atoms with Gasteiger partial charge in [0.2, 0.25) is 0 Å². The zero-order valence-electron chi connectivity index (χ0n) is 9.26. The lowest BCUT2D eigenvalue weighted by atomic mass is 10.3. The van der Waals surface area contributed by atoms with Gasteiger partial charge in [0.25, 0.3) is 0 Å². The molecule has 0 fully saturated rings. The van der Waals surface area contributed by atoms with Crippen LogP contribution in [0.5, 0.6) is 0 Å². The highest BCUT2D eigenvalue weighted by atomic mass is 35.5. The standard InChI is InChI=1S/C11H15ClN4/c1-2-4-14-6-7-16-11-10(12)9(8-13)3-5-15-11/h3,5,14H,2,4,6-7H2,1H3,(H,15,16). The highest BCUT2D eigenvalue weighted by Gasteiger charge is 2.05. The molecule has 0 spiro atoms. The van der Waals surface area contributed by atoms with E-state index in [1.165, 1.54) is 0 Å². The maximum absolute atomic E-state index is 8.78. The first-order valence-corrected chi connectivity index (χ1v) is 5.66. The van der Waals surface area contributed by atoms with Crippen molar-refractivity contribution < 1.29 is 0 Å². The minimum atomic E-state index is 0.389. The van der Waals surface area contributed by atoms with E-state index in [1.807, 2.05) is 6.07 Å². The second-order valence-electron chi connectivity index (χ2n) is 3.31. The van der Waals surface area contributed by atoms with Crippen molar-refractivity contribution in [1.82, 2.24) is 10.3 Å². The summed E-state index contributed by atoms with van der Waals surface area (Å²) in [5.41, 5.74) is 0.445. The summed E-state index contributed by atoms with van der Waals surface area (Å²) in [4.78, 5) is 4.08. The quantitative estimate of drug-likeness (QED) is 0.745. The highest BCUT2D eigenvalue weighted by Crippen LogP contribution is 2.22. The van der Waals surface area contributed by atoms with Crippen molar-refractivity contribution in [3.05, 3.63) is 22.8 Å². The molecular formula is C11H15ClN4. The fraction of sp³-hybridized carbons (Fsp3) is 0.455. The van der Waals surface area contributed by atoms with Crippen molar-refractivity contribution >= 4 is 17.4 Å². The topological polar surface area (TPSA) is 60.7 Å². The Morgan fingerprint density at radius 2 is 2.25 bits per heavy atom. The van der Waals surface area contributed by atoms with E-state index < -0.39 is 0 Å². The van der Waals surface area contributed by atoms with Crippen LogP contribution in [0.2, 0.25) is 5.02 Å². The summed E-state index contributed by atoms with van der Waals surface area (Å²) in [6.45, 7) is 4.71. The summed E-state index contributed by atoms with van der Waals surface area (Å²) in [5, 5.41) is 15.5. The maximum Gasteiger partial charge on any atom is 0.146 e. The summed E-state index contributed by atoms with van der Waals surface area (Å²) in [6, 6.07) is 3.62. The van der Waals surface area contributed by atoms with E-state index in [0.29, 0.717) is 16.4 Å². The van der Waals surface area contributed by atoms with Crippen LogP contribution in [0.25, 0.3) is 0 Å². The van der Waals surface area contributed by atoms with Crippen molar-refractivity contribution in [2.45, 2.75) is 13.3 Å². The van der Waals surface area contributed by atoms with Gasteiger partial charge in [0, 0.05) is 19.3 Å². The van der Waals surface area contributed by atoms with Gasteiger partial charge >= 0.3 is 0 Å². The summed E-state index contributed by atoms with van der Waals surface area (Å²) in [7, 11) is 0. The minimum Gasteiger partial charge on any atom is -0.368 e. The molecule has 0 saturated carbocycles. The van der Waals surface area contributed by atoms with Gasteiger partial charge < -0.3 is 10.6 Å². The van der Waals surface area contributed by atoms with E-state index in [0.717, 1.165) is 26.1 Å². The Morgan fingerprint density at radius 3 is 2.94 bits per heavy atom. The third-order valence-corrected chi connectivity index (χ3v) is 2.41. The van der Waals surface area contributed by atoms with Gasteiger partial charge in [0.1, 0.15) is 16.9 Å². The molecule has 86 valence electrons. The lowest BCUT2D eigenvalue weighted by Crippen LogP contribution is -2.23. The molecule has 0 radical (unpaired) electrons. The molecular weight excluding hydrogens is 224 g/mol. The molecule has 0 aromatic carbocycles. The fourth-order valence-electron chi connectivity index (χ4n) is 1.22. The number of halogens is 1. The minimum absolute atomic E-state index is 0.389. The second kappa shape index (κ2) is 7.04. The van der Waals surface area contributed by atoms with E-state index in [-0.39, 0.29) is 0 Å². The smallest absolute Gasteiger partial charge is 0.146 e. The number of nitrogens with zero attached hydrogens (tertiary/aromatic N) is 2. The molecule has 5 heteroatoms. The summed E-state index contributed by atoms with van der Waals surface area (Å²) >= 11 is 5.98. The van der Waals surface area contributed by atoms with Crippen LogP contribution >= 0.6 is 11.6 Å². The third-order valence-electron chi connectivity index (χ3n) is 2.03. The molecule has 0 amide bonds. The Balaban J connectivity index is 2.45. The predicted molar refractivity (Wildman–Crippen MR) is 65.6 cm³/mol. The molecule has 16 heavy (non-hydrogen) atoms. The average Bonchev–Trinajstić information content (AvgIpc) is 2.31. The van der Waals surface area contributed by atoms with Crippen molar-refractivity contribution in [2.24, 2.45) is 0 Å². The zero-order chi connectivity index (χ0) is 11.8. The van der Waals surface area contributed by atoms with E-state index in [2.05, 4.69) is 22.5 Å². The van der Waals surface area contributed by atoms with Gasteiger partial charge in [0.05, 0.1) is 5.56 Å². The lowest BCUT2D eigenvalue weighted by molar-refractivity contribution is 0.687. The van der Waals surface area contributed by atoms with E-state index in [1.54, 1.807) is 12.3 Å². The number of nitrogens with one attached hydrogen (secondary N) is 2. The van der Waals surface area contributed by atoms with Crippen LogP contribution < -0.4 is 10.6 Å². The summed E-state index contributed by atoms with van der Waals surface area (Å²) < 4.78 is 0. The molecule has 1 aromatic rings. The lowest BCUT2D eigenvalue weighted by Gasteiger charge is -2.08. The predicted octanol–water partition coefficient (Wildman–Crippen LogP) is 2.02. The number of aromatic nitrogens is 1. The molecule has 4 nitrogen and oxygen atoms in total. The first-order valence-electron chi connectivity index (χ1n) is 5.28. The van der Waals surface area contributed by atoms with Crippen LogP contribution in [-0.4, -0.2) is 24.6 Å². The SMILES string of the molecule is CCCNCCNc1nccc(C#N)c1Cl. The molecule has 1 rings (SSSR count). The van der Waals surface area contributed by atoms with Crippen LogP contribution in [0.4, 0.5) is 5.82 Å². The van der Waals surface area contributed by atoms with Gasteiger partial charge in [-0.25, -0.2) is 4.98 Å². The molecule has 2 N–H and O–H groups in total. The summed E-state index contributed by atoms with van der Waals surface area (Å²) in [6.07, 6.45) is 2.69. The zero-order valence-corrected chi connectivity index (χ0v) is 10.0. The Morgan fingerprint density at radius 1 is 1.44 bits per heavy atom. The van der Waals surface area contributed by atoms with Gasteiger partial charge in [-0.1, -0.05) is 18.5 Å². The van der Waals surface area contributed by atoms with Crippen LogP contribution in [0, 0.1) is 11.3 Å². The Bertz CT molecular complexity index is 373. The normalized spacial score (nSPS) is 9.81. The molecule has 0 aliphatic heterocycles. The van der Waals surface area contributed by atoms with Crippen molar-refractivity contribution in [3.63, 3.8) is 0 Å². The number of hydrogen-bond acceptors (Lipinski definition) is 4. The number of nitriles is 1. The molecule has 0 unspecified atom stereocenters. The molecule has 0 aliphatic carbocycles. The third kappa shape index (κ3) is 3.69.